The standard InChI is InChI=1S/C12H25N5/c1-7-12(8-2,16(4)5)11(13-3)10-9-14-15-17(10)6/h9,11,13H,7-8H2,1-6H3. The van der Waals surface area contributed by atoms with Gasteiger partial charge in [-0.2, -0.15) is 0 Å². The Balaban J connectivity index is 3.19. The Hall–Kier alpha value is -0.940. The molecule has 5 heteroatoms. The van der Waals surface area contributed by atoms with E-state index in [1.807, 2.05) is 25.0 Å². The fraction of sp³-hybridized carbons (Fsp3) is 0.833. The molecule has 0 fully saturated rings. The van der Waals surface area contributed by atoms with E-state index in [0.29, 0.717) is 0 Å². The molecule has 0 saturated heterocycles. The van der Waals surface area contributed by atoms with Gasteiger partial charge in [-0.15, -0.1) is 5.10 Å². The second-order valence-electron chi connectivity index (χ2n) is 4.71. The van der Waals surface area contributed by atoms with E-state index in [1.54, 1.807) is 0 Å². The van der Waals surface area contributed by atoms with Gasteiger partial charge in [-0.1, -0.05) is 19.1 Å². The van der Waals surface area contributed by atoms with Crippen molar-refractivity contribution in [2.75, 3.05) is 21.1 Å². The molecule has 1 aromatic heterocycles. The molecule has 1 heterocycles. The molecule has 0 saturated carbocycles. The number of hydrogen-bond donors (Lipinski definition) is 1. The quantitative estimate of drug-likeness (QED) is 0.810. The monoisotopic (exact) mass is 239 g/mol. The first-order valence-corrected chi connectivity index (χ1v) is 6.22. The summed E-state index contributed by atoms with van der Waals surface area (Å²) in [5, 5.41) is 11.4. The number of rotatable bonds is 6. The molecule has 0 bridgehead atoms. The molecule has 0 aliphatic heterocycles. The van der Waals surface area contributed by atoms with E-state index >= 15 is 0 Å². The molecule has 0 aliphatic carbocycles. The van der Waals surface area contributed by atoms with Gasteiger partial charge in [0.05, 0.1) is 17.9 Å². The van der Waals surface area contributed by atoms with Gasteiger partial charge in [-0.05, 0) is 34.0 Å². The Morgan fingerprint density at radius 1 is 1.41 bits per heavy atom. The number of hydrogen-bond acceptors (Lipinski definition) is 4. The smallest absolute Gasteiger partial charge is 0.0772 e. The van der Waals surface area contributed by atoms with E-state index in [9.17, 15) is 0 Å². The van der Waals surface area contributed by atoms with Gasteiger partial charge < -0.3 is 10.2 Å². The lowest BCUT2D eigenvalue weighted by molar-refractivity contribution is 0.0881. The van der Waals surface area contributed by atoms with Crippen molar-refractivity contribution in [3.63, 3.8) is 0 Å². The van der Waals surface area contributed by atoms with Gasteiger partial charge >= 0.3 is 0 Å². The van der Waals surface area contributed by atoms with Crippen LogP contribution in [-0.2, 0) is 7.05 Å². The first kappa shape index (κ1) is 14.1. The molecule has 0 aliphatic rings. The van der Waals surface area contributed by atoms with Crippen molar-refractivity contribution >= 4 is 0 Å². The summed E-state index contributed by atoms with van der Waals surface area (Å²) in [5.41, 5.74) is 1.22. The van der Waals surface area contributed by atoms with Crippen LogP contribution >= 0.6 is 0 Å². The molecule has 98 valence electrons. The van der Waals surface area contributed by atoms with Gasteiger partial charge in [-0.25, -0.2) is 0 Å². The summed E-state index contributed by atoms with van der Waals surface area (Å²) in [4.78, 5) is 2.31. The molecule has 5 nitrogen and oxygen atoms in total. The lowest BCUT2D eigenvalue weighted by atomic mass is 9.81. The fourth-order valence-electron chi connectivity index (χ4n) is 2.80. The molecule has 0 aromatic carbocycles. The highest BCUT2D eigenvalue weighted by Gasteiger charge is 2.39. The van der Waals surface area contributed by atoms with Gasteiger partial charge in [0.25, 0.3) is 0 Å². The molecule has 0 radical (unpaired) electrons. The maximum atomic E-state index is 4.04. The van der Waals surface area contributed by atoms with Crippen LogP contribution < -0.4 is 5.32 Å². The van der Waals surface area contributed by atoms with Crippen LogP contribution in [0.1, 0.15) is 38.4 Å². The Morgan fingerprint density at radius 2 is 2.00 bits per heavy atom. The van der Waals surface area contributed by atoms with E-state index in [-0.39, 0.29) is 11.6 Å². The van der Waals surface area contributed by atoms with Crippen LogP contribution in [0.15, 0.2) is 6.20 Å². The highest BCUT2D eigenvalue weighted by Crippen LogP contribution is 2.35. The largest absolute Gasteiger partial charge is 0.310 e. The summed E-state index contributed by atoms with van der Waals surface area (Å²) in [7, 11) is 8.22. The van der Waals surface area contributed by atoms with Gasteiger partial charge in [0, 0.05) is 12.6 Å². The van der Waals surface area contributed by atoms with Gasteiger partial charge in [-0.3, -0.25) is 4.68 Å². The van der Waals surface area contributed by atoms with Crippen LogP contribution in [0.3, 0.4) is 0 Å². The van der Waals surface area contributed by atoms with Crippen LogP contribution in [0.5, 0.6) is 0 Å². The van der Waals surface area contributed by atoms with Gasteiger partial charge in [0.15, 0.2) is 0 Å². The summed E-state index contributed by atoms with van der Waals surface area (Å²) in [6.07, 6.45) is 4.01. The first-order valence-electron chi connectivity index (χ1n) is 6.22. The van der Waals surface area contributed by atoms with Crippen molar-refractivity contribution in [2.24, 2.45) is 7.05 Å². The fourth-order valence-corrected chi connectivity index (χ4v) is 2.80. The third kappa shape index (κ3) is 2.35. The summed E-state index contributed by atoms with van der Waals surface area (Å²) >= 11 is 0. The van der Waals surface area contributed by atoms with E-state index in [1.165, 1.54) is 0 Å². The van der Waals surface area contributed by atoms with Crippen molar-refractivity contribution in [2.45, 2.75) is 38.3 Å². The number of nitrogens with zero attached hydrogens (tertiary/aromatic N) is 4. The van der Waals surface area contributed by atoms with E-state index in [2.05, 4.69) is 48.5 Å². The van der Waals surface area contributed by atoms with E-state index < -0.39 is 0 Å². The SMILES string of the molecule is CCC(CC)(C(NC)c1cnnn1C)N(C)C. The van der Waals surface area contributed by atoms with E-state index in [4.69, 9.17) is 0 Å². The topological polar surface area (TPSA) is 46.0 Å². The zero-order valence-corrected chi connectivity index (χ0v) is 11.9. The van der Waals surface area contributed by atoms with Gasteiger partial charge in [0.2, 0.25) is 0 Å². The molecule has 1 rings (SSSR count). The summed E-state index contributed by atoms with van der Waals surface area (Å²) < 4.78 is 1.85. The van der Waals surface area contributed by atoms with Crippen molar-refractivity contribution < 1.29 is 0 Å². The lowest BCUT2D eigenvalue weighted by Gasteiger charge is -2.44. The molecule has 1 unspecified atom stereocenters. The Morgan fingerprint density at radius 3 is 2.29 bits per heavy atom. The molecule has 0 spiro atoms. The normalized spacial score (nSPS) is 14.3. The van der Waals surface area contributed by atoms with E-state index in [0.717, 1.165) is 18.5 Å². The second kappa shape index (κ2) is 5.60. The van der Waals surface area contributed by atoms with Crippen molar-refractivity contribution in [1.82, 2.24) is 25.2 Å². The molecular formula is C12H25N5. The number of aromatic nitrogens is 3. The van der Waals surface area contributed by atoms with Gasteiger partial charge in [0.1, 0.15) is 0 Å². The van der Waals surface area contributed by atoms with Crippen LogP contribution in [0, 0.1) is 0 Å². The molecule has 1 aromatic rings. The number of aryl methyl sites for hydroxylation is 1. The number of nitrogens with one attached hydrogen (secondary N) is 1. The molecule has 1 N–H and O–H groups in total. The maximum Gasteiger partial charge on any atom is 0.0772 e. The minimum Gasteiger partial charge on any atom is -0.310 e. The summed E-state index contributed by atoms with van der Waals surface area (Å²) in [5.74, 6) is 0. The average Bonchev–Trinajstić information content (AvgIpc) is 2.72. The Kier molecular flexibility index (Phi) is 4.65. The van der Waals surface area contributed by atoms with Crippen molar-refractivity contribution in [1.29, 1.82) is 0 Å². The van der Waals surface area contributed by atoms with Crippen LogP contribution in [-0.4, -0.2) is 46.6 Å². The minimum absolute atomic E-state index is 0.0875. The molecule has 0 amide bonds. The predicted octanol–water partition coefficient (Wildman–Crippen LogP) is 1.20. The predicted molar refractivity (Wildman–Crippen MR) is 69.8 cm³/mol. The maximum absolute atomic E-state index is 4.04. The highest BCUT2D eigenvalue weighted by atomic mass is 15.4. The lowest BCUT2D eigenvalue weighted by Crippen LogP contribution is -2.52. The summed E-state index contributed by atoms with van der Waals surface area (Å²) in [6, 6.07) is 0.229. The number of likely N-dealkylation sites (N-methyl/N-ethyl adjacent to an activating group) is 2. The Labute approximate surface area is 104 Å². The van der Waals surface area contributed by atoms with Crippen molar-refractivity contribution in [3.8, 4) is 0 Å². The second-order valence-corrected chi connectivity index (χ2v) is 4.71. The van der Waals surface area contributed by atoms with Crippen LogP contribution in [0.2, 0.25) is 0 Å². The minimum atomic E-state index is 0.0875. The third-order valence-corrected chi connectivity index (χ3v) is 3.99. The molecular weight excluding hydrogens is 214 g/mol. The molecule has 1 atom stereocenters. The van der Waals surface area contributed by atoms with Crippen molar-refractivity contribution in [3.05, 3.63) is 11.9 Å². The van der Waals surface area contributed by atoms with Crippen LogP contribution in [0.25, 0.3) is 0 Å². The third-order valence-electron chi connectivity index (χ3n) is 3.99. The summed E-state index contributed by atoms with van der Waals surface area (Å²) in [6.45, 7) is 4.47. The highest BCUT2D eigenvalue weighted by molar-refractivity contribution is 5.12. The Bertz CT molecular complexity index is 340. The first-order chi connectivity index (χ1) is 8.03. The zero-order chi connectivity index (χ0) is 13.1. The zero-order valence-electron chi connectivity index (χ0n) is 11.9. The van der Waals surface area contributed by atoms with Crippen LogP contribution in [0.4, 0.5) is 0 Å². The molecule has 17 heavy (non-hydrogen) atoms. The average molecular weight is 239 g/mol.